The molecule has 0 bridgehead atoms. The van der Waals surface area contributed by atoms with Crippen molar-refractivity contribution in [2.24, 2.45) is 7.05 Å². The first-order chi connectivity index (χ1) is 14.6. The van der Waals surface area contributed by atoms with Crippen LogP contribution in [0.5, 0.6) is 11.5 Å². The van der Waals surface area contributed by atoms with Crippen molar-refractivity contribution in [3.63, 3.8) is 0 Å². The van der Waals surface area contributed by atoms with Crippen LogP contribution in [0.3, 0.4) is 0 Å². The van der Waals surface area contributed by atoms with E-state index in [1.54, 1.807) is 42.9 Å². The molecule has 30 heavy (non-hydrogen) atoms. The number of aryl methyl sites for hydroxylation is 1. The van der Waals surface area contributed by atoms with Gasteiger partial charge in [-0.1, -0.05) is 11.6 Å². The maximum absolute atomic E-state index is 14.7. The normalized spacial score (nSPS) is 11.2. The SMILES string of the molecule is Cn1cnc2cc(Oc3ccc(Nc4ncnc5cnc(Cl)cc45)cc3F)ccc21. The van der Waals surface area contributed by atoms with E-state index >= 15 is 0 Å². The van der Waals surface area contributed by atoms with E-state index in [1.165, 1.54) is 12.4 Å². The Balaban J connectivity index is 1.41. The number of nitrogens with one attached hydrogen (secondary N) is 1. The van der Waals surface area contributed by atoms with E-state index in [4.69, 9.17) is 16.3 Å². The Bertz CT molecular complexity index is 1400. The molecule has 3 heterocycles. The Morgan fingerprint density at radius 1 is 1.00 bits per heavy atom. The van der Waals surface area contributed by atoms with Crippen molar-refractivity contribution in [2.45, 2.75) is 0 Å². The molecule has 5 rings (SSSR count). The van der Waals surface area contributed by atoms with E-state index < -0.39 is 5.82 Å². The van der Waals surface area contributed by atoms with Gasteiger partial charge in [-0.25, -0.2) is 24.3 Å². The van der Waals surface area contributed by atoms with Crippen LogP contribution in [-0.2, 0) is 7.05 Å². The van der Waals surface area contributed by atoms with Crippen LogP contribution in [0.25, 0.3) is 21.9 Å². The summed E-state index contributed by atoms with van der Waals surface area (Å²) in [6.45, 7) is 0. The molecule has 0 saturated heterocycles. The smallest absolute Gasteiger partial charge is 0.167 e. The highest BCUT2D eigenvalue weighted by Gasteiger charge is 2.10. The molecular formula is C21H14ClFN6O. The lowest BCUT2D eigenvalue weighted by molar-refractivity contribution is 0.443. The number of pyridine rings is 1. The van der Waals surface area contributed by atoms with E-state index in [-0.39, 0.29) is 5.75 Å². The number of hydrogen-bond donors (Lipinski definition) is 1. The summed E-state index contributed by atoms with van der Waals surface area (Å²) >= 11 is 5.98. The molecule has 0 unspecified atom stereocenters. The molecule has 0 radical (unpaired) electrons. The Morgan fingerprint density at radius 2 is 1.90 bits per heavy atom. The first-order valence-corrected chi connectivity index (χ1v) is 9.36. The molecule has 9 heteroatoms. The third-order valence-electron chi connectivity index (χ3n) is 4.61. The van der Waals surface area contributed by atoms with Gasteiger partial charge in [-0.2, -0.15) is 0 Å². The molecule has 0 amide bonds. The zero-order valence-corrected chi connectivity index (χ0v) is 16.4. The molecule has 0 aliphatic rings. The van der Waals surface area contributed by atoms with Crippen molar-refractivity contribution >= 4 is 45.0 Å². The van der Waals surface area contributed by atoms with Crippen molar-refractivity contribution < 1.29 is 9.13 Å². The summed E-state index contributed by atoms with van der Waals surface area (Å²) < 4.78 is 22.3. The van der Waals surface area contributed by atoms with Crippen molar-refractivity contribution in [3.8, 4) is 11.5 Å². The largest absolute Gasteiger partial charge is 0.454 e. The highest BCUT2D eigenvalue weighted by Crippen LogP contribution is 2.30. The molecule has 2 aromatic carbocycles. The highest BCUT2D eigenvalue weighted by molar-refractivity contribution is 6.30. The zero-order chi connectivity index (χ0) is 20.7. The third kappa shape index (κ3) is 3.37. The van der Waals surface area contributed by atoms with Crippen molar-refractivity contribution in [2.75, 3.05) is 5.32 Å². The van der Waals surface area contributed by atoms with Crippen LogP contribution < -0.4 is 10.1 Å². The van der Waals surface area contributed by atoms with Gasteiger partial charge in [-0.3, -0.25) is 0 Å². The maximum atomic E-state index is 14.7. The fraction of sp³-hybridized carbons (Fsp3) is 0.0476. The lowest BCUT2D eigenvalue weighted by Gasteiger charge is -2.11. The number of halogens is 2. The third-order valence-corrected chi connectivity index (χ3v) is 4.81. The van der Waals surface area contributed by atoms with Crippen molar-refractivity contribution in [1.82, 2.24) is 24.5 Å². The van der Waals surface area contributed by atoms with Gasteiger partial charge in [-0.15, -0.1) is 0 Å². The summed E-state index contributed by atoms with van der Waals surface area (Å²) in [5.74, 6) is 0.595. The number of nitrogens with zero attached hydrogens (tertiary/aromatic N) is 5. The summed E-state index contributed by atoms with van der Waals surface area (Å²) in [5, 5.41) is 4.09. The van der Waals surface area contributed by atoms with Gasteiger partial charge in [-0.05, 0) is 30.3 Å². The Kier molecular flexibility index (Phi) is 4.40. The highest BCUT2D eigenvalue weighted by atomic mass is 35.5. The summed E-state index contributed by atoms with van der Waals surface area (Å²) in [6, 6.07) is 11.7. The predicted octanol–water partition coefficient (Wildman–Crippen LogP) is 5.24. The molecule has 0 aliphatic heterocycles. The monoisotopic (exact) mass is 420 g/mol. The van der Waals surface area contributed by atoms with E-state index in [9.17, 15) is 4.39 Å². The Labute approximate surface area is 175 Å². The van der Waals surface area contributed by atoms with Crippen LogP contribution in [0.15, 0.2) is 61.3 Å². The number of hydrogen-bond acceptors (Lipinski definition) is 6. The summed E-state index contributed by atoms with van der Waals surface area (Å²) in [4.78, 5) is 16.7. The second-order valence-electron chi connectivity index (χ2n) is 6.62. The van der Waals surface area contributed by atoms with Crippen LogP contribution in [0, 0.1) is 5.82 Å². The number of ether oxygens (including phenoxy) is 1. The van der Waals surface area contributed by atoms with Gasteiger partial charge in [0.05, 0.1) is 29.1 Å². The van der Waals surface area contributed by atoms with Gasteiger partial charge in [0.25, 0.3) is 0 Å². The predicted molar refractivity (Wildman–Crippen MR) is 113 cm³/mol. The van der Waals surface area contributed by atoms with Gasteiger partial charge >= 0.3 is 0 Å². The van der Waals surface area contributed by atoms with Crippen LogP contribution in [0.2, 0.25) is 5.15 Å². The van der Waals surface area contributed by atoms with Gasteiger partial charge < -0.3 is 14.6 Å². The second-order valence-corrected chi connectivity index (χ2v) is 7.01. The van der Waals surface area contributed by atoms with E-state index in [1.807, 2.05) is 17.7 Å². The van der Waals surface area contributed by atoms with Gasteiger partial charge in [0.15, 0.2) is 11.6 Å². The number of benzene rings is 2. The van der Waals surface area contributed by atoms with Crippen LogP contribution in [0.4, 0.5) is 15.9 Å². The first-order valence-electron chi connectivity index (χ1n) is 8.98. The fourth-order valence-corrected chi connectivity index (χ4v) is 3.30. The molecule has 3 aromatic heterocycles. The number of aromatic nitrogens is 5. The number of fused-ring (bicyclic) bond motifs is 2. The minimum Gasteiger partial charge on any atom is -0.454 e. The molecule has 1 N–H and O–H groups in total. The van der Waals surface area contributed by atoms with Crippen LogP contribution >= 0.6 is 11.6 Å². The van der Waals surface area contributed by atoms with E-state index in [2.05, 4.69) is 25.3 Å². The molecule has 0 atom stereocenters. The molecule has 0 aliphatic carbocycles. The summed E-state index contributed by atoms with van der Waals surface area (Å²) in [7, 11) is 1.91. The lowest BCUT2D eigenvalue weighted by atomic mass is 10.2. The first kappa shape index (κ1) is 18.3. The standard InChI is InChI=1S/C21H14ClFN6O/c1-29-11-27-16-7-13(3-4-18(16)29)30-19-5-2-12(6-15(19)23)28-21-14-8-20(22)24-9-17(14)25-10-26-21/h2-11H,1H3,(H,25,26,28). The Hall–Kier alpha value is -3.78. The van der Waals surface area contributed by atoms with E-state index in [0.717, 1.165) is 11.0 Å². The molecule has 5 aromatic rings. The molecule has 0 fully saturated rings. The molecular weight excluding hydrogens is 407 g/mol. The lowest BCUT2D eigenvalue weighted by Crippen LogP contribution is -1.98. The fourth-order valence-electron chi connectivity index (χ4n) is 3.14. The van der Waals surface area contributed by atoms with Crippen LogP contribution in [-0.4, -0.2) is 24.5 Å². The quantitative estimate of drug-likeness (QED) is 0.400. The van der Waals surface area contributed by atoms with E-state index in [0.29, 0.717) is 33.3 Å². The van der Waals surface area contributed by atoms with Gasteiger partial charge in [0, 0.05) is 30.3 Å². The van der Waals surface area contributed by atoms with Crippen LogP contribution in [0.1, 0.15) is 0 Å². The topological polar surface area (TPSA) is 77.8 Å². The number of imidazole rings is 1. The number of anilines is 2. The van der Waals surface area contributed by atoms with Gasteiger partial charge in [0.2, 0.25) is 0 Å². The summed E-state index contributed by atoms with van der Waals surface area (Å²) in [6.07, 6.45) is 4.68. The average molecular weight is 421 g/mol. The molecule has 7 nitrogen and oxygen atoms in total. The Morgan fingerprint density at radius 3 is 2.77 bits per heavy atom. The molecule has 0 spiro atoms. The van der Waals surface area contributed by atoms with Gasteiger partial charge in [0.1, 0.15) is 23.0 Å². The molecule has 148 valence electrons. The zero-order valence-electron chi connectivity index (χ0n) is 15.7. The minimum absolute atomic E-state index is 0.107. The average Bonchev–Trinajstić information content (AvgIpc) is 3.11. The second kappa shape index (κ2) is 7.23. The summed E-state index contributed by atoms with van der Waals surface area (Å²) in [5.41, 5.74) is 2.88. The minimum atomic E-state index is -0.515. The maximum Gasteiger partial charge on any atom is 0.167 e. The molecule has 0 saturated carbocycles. The van der Waals surface area contributed by atoms with Crippen molar-refractivity contribution in [1.29, 1.82) is 0 Å². The van der Waals surface area contributed by atoms with Crippen molar-refractivity contribution in [3.05, 3.63) is 72.3 Å². The number of rotatable bonds is 4.